The Morgan fingerprint density at radius 3 is 2.72 bits per heavy atom. The van der Waals surface area contributed by atoms with Crippen molar-refractivity contribution in [3.05, 3.63) is 60.2 Å². The smallest absolute Gasteiger partial charge is 0.410 e. The first-order valence-corrected chi connectivity index (χ1v) is 13.0. The van der Waals surface area contributed by atoms with Crippen LogP contribution in [0.3, 0.4) is 0 Å². The summed E-state index contributed by atoms with van der Waals surface area (Å²) in [5, 5.41) is 3.54. The van der Waals surface area contributed by atoms with Crippen molar-refractivity contribution in [2.45, 2.75) is 52.1 Å². The molecule has 0 saturated carbocycles. The maximum Gasteiger partial charge on any atom is 0.410 e. The van der Waals surface area contributed by atoms with Crippen LogP contribution in [-0.2, 0) is 11.2 Å². The molecule has 0 bridgehead atoms. The fraction of sp³-hybridized carbons (Fsp3) is 0.536. The summed E-state index contributed by atoms with van der Waals surface area (Å²) in [6.07, 6.45) is 21.4. The van der Waals surface area contributed by atoms with Gasteiger partial charge in [-0.15, -0.1) is 0 Å². The number of hydrogen-bond acceptors (Lipinski definition) is 7. The van der Waals surface area contributed by atoms with Crippen molar-refractivity contribution in [3.63, 3.8) is 0 Å². The van der Waals surface area contributed by atoms with Gasteiger partial charge in [0.25, 0.3) is 0 Å². The molecule has 36 heavy (non-hydrogen) atoms. The standard InChI is InChI=1S/C28H38N6O2/c1-28(2,3)36-27(35)34-12-11-21(18-34)7-10-25-17-32-20-33-26(25)6-4-5-23-15-29-16-24(23)9-8-22-13-30-19-31-14-22/h7-10,13-14,17,19-21,23-24,29H,4-6,11-12,15-16,18H2,1-3H3/b9-8+,10-7+/t21-,23?,24+/m0/s1. The second-order valence-electron chi connectivity index (χ2n) is 10.8. The van der Waals surface area contributed by atoms with Crippen LogP contribution in [0.15, 0.2) is 43.4 Å². The van der Waals surface area contributed by atoms with Crippen LogP contribution in [0.2, 0.25) is 0 Å². The van der Waals surface area contributed by atoms with Crippen LogP contribution in [0, 0.1) is 17.8 Å². The summed E-state index contributed by atoms with van der Waals surface area (Å²) in [4.78, 5) is 31.1. The van der Waals surface area contributed by atoms with E-state index in [2.05, 4.69) is 49.6 Å². The lowest BCUT2D eigenvalue weighted by Crippen LogP contribution is -2.35. The van der Waals surface area contributed by atoms with Gasteiger partial charge in [-0.1, -0.05) is 24.3 Å². The number of nitrogens with zero attached hydrogens (tertiary/aromatic N) is 5. The van der Waals surface area contributed by atoms with Crippen molar-refractivity contribution in [1.29, 1.82) is 0 Å². The number of aryl methyl sites for hydroxylation is 1. The van der Waals surface area contributed by atoms with Crippen LogP contribution in [0.25, 0.3) is 12.2 Å². The van der Waals surface area contributed by atoms with Gasteiger partial charge in [0.15, 0.2) is 0 Å². The molecule has 1 unspecified atom stereocenters. The molecule has 0 spiro atoms. The monoisotopic (exact) mass is 490 g/mol. The minimum absolute atomic E-state index is 0.228. The summed E-state index contributed by atoms with van der Waals surface area (Å²) < 4.78 is 5.51. The highest BCUT2D eigenvalue weighted by Crippen LogP contribution is 2.26. The van der Waals surface area contributed by atoms with E-state index in [1.807, 2.05) is 39.4 Å². The Morgan fingerprint density at radius 2 is 1.92 bits per heavy atom. The van der Waals surface area contributed by atoms with Gasteiger partial charge in [-0.2, -0.15) is 0 Å². The Kier molecular flexibility index (Phi) is 8.80. The van der Waals surface area contributed by atoms with Crippen molar-refractivity contribution in [3.8, 4) is 0 Å². The highest BCUT2D eigenvalue weighted by Gasteiger charge is 2.28. The molecule has 0 radical (unpaired) electrons. The number of ether oxygens (including phenoxy) is 1. The van der Waals surface area contributed by atoms with Gasteiger partial charge in [0, 0.05) is 49.4 Å². The zero-order valence-electron chi connectivity index (χ0n) is 21.6. The Bertz CT molecular complexity index is 1050. The summed E-state index contributed by atoms with van der Waals surface area (Å²) in [5.74, 6) is 1.45. The first kappa shape index (κ1) is 25.9. The van der Waals surface area contributed by atoms with E-state index in [4.69, 9.17) is 4.74 Å². The summed E-state index contributed by atoms with van der Waals surface area (Å²) in [6, 6.07) is 0. The molecule has 2 aromatic rings. The Balaban J connectivity index is 1.27. The summed E-state index contributed by atoms with van der Waals surface area (Å²) in [7, 11) is 0. The molecular formula is C28H38N6O2. The molecule has 8 nitrogen and oxygen atoms in total. The van der Waals surface area contributed by atoms with E-state index in [0.717, 1.165) is 62.1 Å². The van der Waals surface area contributed by atoms with Crippen molar-refractivity contribution in [2.24, 2.45) is 17.8 Å². The molecule has 1 N–H and O–H groups in total. The maximum atomic E-state index is 12.3. The zero-order valence-corrected chi connectivity index (χ0v) is 21.6. The molecule has 2 fully saturated rings. The van der Waals surface area contributed by atoms with Gasteiger partial charge in [-0.25, -0.2) is 24.7 Å². The molecule has 0 aromatic carbocycles. The van der Waals surface area contributed by atoms with Crippen LogP contribution in [0.4, 0.5) is 4.79 Å². The second-order valence-corrected chi connectivity index (χ2v) is 10.8. The average Bonchev–Trinajstić information content (AvgIpc) is 3.51. The van der Waals surface area contributed by atoms with Gasteiger partial charge in [-0.3, -0.25) is 0 Å². The molecule has 4 heterocycles. The van der Waals surface area contributed by atoms with E-state index in [9.17, 15) is 4.79 Å². The molecule has 192 valence electrons. The SMILES string of the molecule is CC(C)(C)OC(=O)N1CC[C@H](/C=C/c2cncnc2CCCC2CNC[C@H]2/C=C/c2cncnc2)C1. The van der Waals surface area contributed by atoms with Gasteiger partial charge in [-0.05, 0) is 70.8 Å². The lowest BCUT2D eigenvalue weighted by Gasteiger charge is -2.24. The van der Waals surface area contributed by atoms with Gasteiger partial charge >= 0.3 is 6.09 Å². The predicted octanol–water partition coefficient (Wildman–Crippen LogP) is 4.41. The Morgan fingerprint density at radius 1 is 1.11 bits per heavy atom. The zero-order chi connectivity index (χ0) is 25.4. The van der Waals surface area contributed by atoms with E-state index in [0.29, 0.717) is 24.3 Å². The first-order chi connectivity index (χ1) is 17.4. The first-order valence-electron chi connectivity index (χ1n) is 13.0. The Labute approximate surface area is 214 Å². The van der Waals surface area contributed by atoms with Crippen LogP contribution in [-0.4, -0.2) is 62.7 Å². The van der Waals surface area contributed by atoms with Gasteiger partial charge in [0.1, 0.15) is 18.3 Å². The molecule has 8 heteroatoms. The average molecular weight is 491 g/mol. The van der Waals surface area contributed by atoms with E-state index in [1.54, 1.807) is 17.6 Å². The van der Waals surface area contributed by atoms with Crippen molar-refractivity contribution >= 4 is 18.2 Å². The van der Waals surface area contributed by atoms with Gasteiger partial charge < -0.3 is 15.0 Å². The third-order valence-corrected chi connectivity index (χ3v) is 6.75. The minimum Gasteiger partial charge on any atom is -0.444 e. The molecule has 2 aliphatic rings. The normalized spacial score (nSPS) is 22.6. The fourth-order valence-electron chi connectivity index (χ4n) is 4.85. The lowest BCUT2D eigenvalue weighted by atomic mass is 9.90. The third-order valence-electron chi connectivity index (χ3n) is 6.75. The molecule has 2 aliphatic heterocycles. The minimum atomic E-state index is -0.469. The van der Waals surface area contributed by atoms with Crippen molar-refractivity contribution in [2.75, 3.05) is 26.2 Å². The molecule has 2 aromatic heterocycles. The lowest BCUT2D eigenvalue weighted by molar-refractivity contribution is 0.0291. The molecule has 1 amide bonds. The van der Waals surface area contributed by atoms with Crippen molar-refractivity contribution < 1.29 is 9.53 Å². The van der Waals surface area contributed by atoms with E-state index in [-0.39, 0.29) is 6.09 Å². The second kappa shape index (κ2) is 12.2. The quantitative estimate of drug-likeness (QED) is 0.586. The number of aromatic nitrogens is 4. The van der Waals surface area contributed by atoms with E-state index in [1.165, 1.54) is 0 Å². The topological polar surface area (TPSA) is 93.1 Å². The largest absolute Gasteiger partial charge is 0.444 e. The molecule has 4 rings (SSSR count). The summed E-state index contributed by atoms with van der Waals surface area (Å²) in [5.41, 5.74) is 2.72. The third kappa shape index (κ3) is 7.68. The molecule has 0 aliphatic carbocycles. The fourth-order valence-corrected chi connectivity index (χ4v) is 4.85. The van der Waals surface area contributed by atoms with Crippen molar-refractivity contribution in [1.82, 2.24) is 30.2 Å². The highest BCUT2D eigenvalue weighted by molar-refractivity contribution is 5.68. The van der Waals surface area contributed by atoms with Gasteiger partial charge in [0.05, 0.1) is 5.69 Å². The number of hydrogen-bond donors (Lipinski definition) is 1. The van der Waals surface area contributed by atoms with Crippen LogP contribution < -0.4 is 5.32 Å². The van der Waals surface area contributed by atoms with E-state index >= 15 is 0 Å². The molecular weight excluding hydrogens is 452 g/mol. The number of carbonyl (C=O) groups is 1. The number of rotatable bonds is 8. The van der Waals surface area contributed by atoms with Crippen LogP contribution in [0.1, 0.15) is 56.9 Å². The Hall–Kier alpha value is -3.13. The molecule has 2 saturated heterocycles. The number of carbonyl (C=O) groups excluding carboxylic acids is 1. The summed E-state index contributed by atoms with van der Waals surface area (Å²) >= 11 is 0. The highest BCUT2D eigenvalue weighted by atomic mass is 16.6. The maximum absolute atomic E-state index is 12.3. The van der Waals surface area contributed by atoms with Crippen LogP contribution in [0.5, 0.6) is 0 Å². The predicted molar refractivity (Wildman–Crippen MR) is 141 cm³/mol. The van der Waals surface area contributed by atoms with Crippen LogP contribution >= 0.6 is 0 Å². The van der Waals surface area contributed by atoms with E-state index < -0.39 is 5.60 Å². The van der Waals surface area contributed by atoms with Gasteiger partial charge in [0.2, 0.25) is 0 Å². The molecule has 3 atom stereocenters. The summed E-state index contributed by atoms with van der Waals surface area (Å²) in [6.45, 7) is 9.17. The number of amides is 1. The number of likely N-dealkylation sites (tertiary alicyclic amines) is 1. The number of nitrogens with one attached hydrogen (secondary N) is 1.